The maximum absolute atomic E-state index is 13.5. The van der Waals surface area contributed by atoms with Crippen LogP contribution in [0.25, 0.3) is 11.0 Å². The number of pyridine rings is 1. The van der Waals surface area contributed by atoms with E-state index in [1.54, 1.807) is 0 Å². The van der Waals surface area contributed by atoms with Crippen LogP contribution >= 0.6 is 0 Å². The first-order valence-corrected chi connectivity index (χ1v) is 10.8. The van der Waals surface area contributed by atoms with Crippen LogP contribution in [0.3, 0.4) is 0 Å². The predicted octanol–water partition coefficient (Wildman–Crippen LogP) is 3.38. The summed E-state index contributed by atoms with van der Waals surface area (Å²) in [6.07, 6.45) is 6.39. The molecular formula is C19H20FN5O3S. The Morgan fingerprint density at radius 3 is 2.69 bits per heavy atom. The van der Waals surface area contributed by atoms with Gasteiger partial charge in [0.05, 0.1) is 15.2 Å². The number of aromatic nitrogens is 3. The van der Waals surface area contributed by atoms with E-state index in [1.807, 2.05) is 0 Å². The largest absolute Gasteiger partial charge is 0.335 e. The number of nitrogens with zero attached hydrogens (tertiary/aromatic N) is 2. The van der Waals surface area contributed by atoms with Gasteiger partial charge in [0.2, 0.25) is 9.84 Å². The van der Waals surface area contributed by atoms with Crippen molar-refractivity contribution < 1.29 is 17.6 Å². The van der Waals surface area contributed by atoms with Gasteiger partial charge in [-0.05, 0) is 37.1 Å². The van der Waals surface area contributed by atoms with Crippen LogP contribution < -0.4 is 10.6 Å². The Hall–Kier alpha value is -3.01. The van der Waals surface area contributed by atoms with Crippen LogP contribution in [0.15, 0.2) is 46.3 Å². The molecule has 3 aromatic rings. The van der Waals surface area contributed by atoms with Crippen molar-refractivity contribution in [1.82, 2.24) is 20.5 Å². The minimum absolute atomic E-state index is 0.118. The van der Waals surface area contributed by atoms with Gasteiger partial charge in [-0.2, -0.15) is 5.10 Å². The van der Waals surface area contributed by atoms with E-state index in [4.69, 9.17) is 0 Å². The number of nitrogens with one attached hydrogen (secondary N) is 3. The second-order valence-corrected chi connectivity index (χ2v) is 8.98. The van der Waals surface area contributed by atoms with E-state index in [1.165, 1.54) is 30.7 Å². The number of H-pyrrole nitrogens is 1. The van der Waals surface area contributed by atoms with E-state index >= 15 is 0 Å². The number of hydrogen-bond donors (Lipinski definition) is 3. The fourth-order valence-electron chi connectivity index (χ4n) is 3.47. The highest BCUT2D eigenvalue weighted by molar-refractivity contribution is 7.91. The lowest BCUT2D eigenvalue weighted by molar-refractivity contribution is 0.244. The summed E-state index contributed by atoms with van der Waals surface area (Å²) in [4.78, 5) is 16.1. The quantitative estimate of drug-likeness (QED) is 0.602. The molecule has 8 nitrogen and oxygen atoms in total. The Morgan fingerprint density at radius 1 is 1.14 bits per heavy atom. The highest BCUT2D eigenvalue weighted by atomic mass is 32.2. The zero-order valence-electron chi connectivity index (χ0n) is 15.5. The summed E-state index contributed by atoms with van der Waals surface area (Å²) >= 11 is 0. The molecule has 0 aliphatic heterocycles. The zero-order valence-corrected chi connectivity index (χ0v) is 16.3. The van der Waals surface area contributed by atoms with Crippen LogP contribution in [0, 0.1) is 5.82 Å². The Kier molecular flexibility index (Phi) is 5.18. The Labute approximate surface area is 166 Å². The number of amides is 2. The molecule has 4 rings (SSSR count). The number of urea groups is 1. The van der Waals surface area contributed by atoms with Crippen molar-refractivity contribution in [3.05, 3.63) is 42.3 Å². The normalized spacial score (nSPS) is 15.3. The Balaban J connectivity index is 1.60. The maximum atomic E-state index is 13.5. The van der Waals surface area contributed by atoms with Gasteiger partial charge in [0, 0.05) is 12.2 Å². The molecule has 0 radical (unpaired) electrons. The van der Waals surface area contributed by atoms with Crippen LogP contribution in [0.1, 0.15) is 32.1 Å². The molecule has 0 spiro atoms. The standard InChI is InChI=1S/C19H20FN5O3S/c20-12-5-4-8-14(9-12)29(27,28)15-10-16-17(21-11-15)24-25-18(16)23-19(26)22-13-6-2-1-3-7-13/h4-5,8-11,13H,1-3,6-7H2,(H3,21,22,23,24,25,26). The summed E-state index contributed by atoms with van der Waals surface area (Å²) < 4.78 is 39.1. The first-order chi connectivity index (χ1) is 13.9. The van der Waals surface area contributed by atoms with Crippen LogP contribution in [0.5, 0.6) is 0 Å². The SMILES string of the molecule is O=C(Nc1[nH]nc2ncc(S(=O)(=O)c3cccc(F)c3)cc12)NC1CCCCC1. The molecule has 0 saturated heterocycles. The number of carbonyl (C=O) groups excluding carboxylic acids is 1. The number of hydrogen-bond acceptors (Lipinski definition) is 5. The molecule has 1 fully saturated rings. The van der Waals surface area contributed by atoms with E-state index in [2.05, 4.69) is 25.8 Å². The molecule has 1 saturated carbocycles. The molecular weight excluding hydrogens is 397 g/mol. The summed E-state index contributed by atoms with van der Waals surface area (Å²) in [5.41, 5.74) is 0.260. The van der Waals surface area contributed by atoms with Gasteiger partial charge < -0.3 is 5.32 Å². The third kappa shape index (κ3) is 4.07. The molecule has 1 aliphatic carbocycles. The second-order valence-electron chi connectivity index (χ2n) is 7.04. The molecule has 152 valence electrons. The van der Waals surface area contributed by atoms with Crippen molar-refractivity contribution in [1.29, 1.82) is 0 Å². The van der Waals surface area contributed by atoms with Gasteiger partial charge in [-0.1, -0.05) is 25.3 Å². The monoisotopic (exact) mass is 417 g/mol. The van der Waals surface area contributed by atoms with Crippen LogP contribution in [-0.4, -0.2) is 35.7 Å². The summed E-state index contributed by atoms with van der Waals surface area (Å²) in [6.45, 7) is 0. The van der Waals surface area contributed by atoms with Crippen molar-refractivity contribution in [3.63, 3.8) is 0 Å². The molecule has 0 unspecified atom stereocenters. The molecule has 2 aromatic heterocycles. The van der Waals surface area contributed by atoms with Gasteiger partial charge in [0.1, 0.15) is 11.6 Å². The average molecular weight is 417 g/mol. The fourth-order valence-corrected chi connectivity index (χ4v) is 4.74. The number of anilines is 1. The maximum Gasteiger partial charge on any atom is 0.320 e. The molecule has 3 N–H and O–H groups in total. The highest BCUT2D eigenvalue weighted by Gasteiger charge is 2.22. The lowest BCUT2D eigenvalue weighted by Gasteiger charge is -2.22. The van der Waals surface area contributed by atoms with Gasteiger partial charge in [-0.15, -0.1) is 0 Å². The number of aromatic amines is 1. The van der Waals surface area contributed by atoms with Gasteiger partial charge in [-0.25, -0.2) is 22.6 Å². The minimum Gasteiger partial charge on any atom is -0.335 e. The van der Waals surface area contributed by atoms with Gasteiger partial charge in [-0.3, -0.25) is 10.4 Å². The lowest BCUT2D eigenvalue weighted by atomic mass is 9.96. The molecule has 2 heterocycles. The first kappa shape index (κ1) is 19.3. The molecule has 10 heteroatoms. The van der Waals surface area contributed by atoms with Crippen molar-refractivity contribution >= 4 is 32.7 Å². The third-order valence-electron chi connectivity index (χ3n) is 4.98. The third-order valence-corrected chi connectivity index (χ3v) is 6.70. The number of halogens is 1. The van der Waals surface area contributed by atoms with Crippen LogP contribution in [0.2, 0.25) is 0 Å². The van der Waals surface area contributed by atoms with Crippen LogP contribution in [0.4, 0.5) is 15.0 Å². The average Bonchev–Trinajstić information content (AvgIpc) is 3.10. The predicted molar refractivity (Wildman–Crippen MR) is 105 cm³/mol. The van der Waals surface area contributed by atoms with E-state index in [0.29, 0.717) is 5.39 Å². The van der Waals surface area contributed by atoms with Crippen molar-refractivity contribution in [2.75, 3.05) is 5.32 Å². The molecule has 1 aliphatic rings. The van der Waals surface area contributed by atoms with E-state index in [-0.39, 0.29) is 33.3 Å². The molecule has 2 amide bonds. The van der Waals surface area contributed by atoms with Crippen molar-refractivity contribution in [3.8, 4) is 0 Å². The van der Waals surface area contributed by atoms with Crippen molar-refractivity contribution in [2.45, 2.75) is 47.9 Å². The van der Waals surface area contributed by atoms with E-state index < -0.39 is 15.7 Å². The molecule has 29 heavy (non-hydrogen) atoms. The van der Waals surface area contributed by atoms with E-state index in [0.717, 1.165) is 37.9 Å². The molecule has 0 atom stereocenters. The van der Waals surface area contributed by atoms with Gasteiger partial charge >= 0.3 is 6.03 Å². The van der Waals surface area contributed by atoms with Gasteiger partial charge in [0.25, 0.3) is 0 Å². The number of benzene rings is 1. The lowest BCUT2D eigenvalue weighted by Crippen LogP contribution is -2.39. The summed E-state index contributed by atoms with van der Waals surface area (Å²) in [5, 5.41) is 12.6. The number of carbonyl (C=O) groups is 1. The summed E-state index contributed by atoms with van der Waals surface area (Å²) in [7, 11) is -3.97. The Bertz CT molecular complexity index is 1160. The smallest absolute Gasteiger partial charge is 0.320 e. The van der Waals surface area contributed by atoms with Crippen molar-refractivity contribution in [2.24, 2.45) is 0 Å². The number of fused-ring (bicyclic) bond motifs is 1. The minimum atomic E-state index is -3.97. The van der Waals surface area contributed by atoms with E-state index in [9.17, 15) is 17.6 Å². The fraction of sp³-hybridized carbons (Fsp3) is 0.316. The molecule has 1 aromatic carbocycles. The Morgan fingerprint density at radius 2 is 1.93 bits per heavy atom. The summed E-state index contributed by atoms with van der Waals surface area (Å²) in [6, 6.07) is 5.86. The van der Waals surface area contributed by atoms with Gasteiger partial charge in [0.15, 0.2) is 5.65 Å². The van der Waals surface area contributed by atoms with Crippen LogP contribution in [-0.2, 0) is 9.84 Å². The number of sulfone groups is 1. The first-order valence-electron chi connectivity index (χ1n) is 9.36. The molecule has 0 bridgehead atoms. The topological polar surface area (TPSA) is 117 Å². The summed E-state index contributed by atoms with van der Waals surface area (Å²) in [5.74, 6) is -0.401. The highest BCUT2D eigenvalue weighted by Crippen LogP contribution is 2.26. The second kappa shape index (κ2) is 7.78. The number of rotatable bonds is 4. The zero-order chi connectivity index (χ0) is 20.4.